The Morgan fingerprint density at radius 1 is 1.29 bits per heavy atom. The number of urea groups is 1. The third-order valence-corrected chi connectivity index (χ3v) is 3.80. The van der Waals surface area contributed by atoms with E-state index >= 15 is 0 Å². The van der Waals surface area contributed by atoms with Gasteiger partial charge < -0.3 is 15.7 Å². The Morgan fingerprint density at radius 3 is 2.71 bits per heavy atom. The molecule has 0 aliphatic carbocycles. The zero-order valence-electron chi connectivity index (χ0n) is 11.8. The van der Waals surface area contributed by atoms with E-state index in [0.29, 0.717) is 11.6 Å². The number of hydrogen-bond donors (Lipinski definition) is 3. The van der Waals surface area contributed by atoms with Gasteiger partial charge in [0.15, 0.2) is 0 Å². The fourth-order valence-corrected chi connectivity index (χ4v) is 2.33. The van der Waals surface area contributed by atoms with E-state index in [4.69, 9.17) is 16.7 Å². The molecular formula is C14H19ClN2O3S. The Morgan fingerprint density at radius 2 is 2.05 bits per heavy atom. The minimum absolute atomic E-state index is 0.0757. The molecule has 3 N–H and O–H groups in total. The van der Waals surface area contributed by atoms with Crippen LogP contribution in [-0.4, -0.2) is 35.7 Å². The van der Waals surface area contributed by atoms with E-state index in [-0.39, 0.29) is 17.3 Å². The molecule has 0 atom stereocenters. The molecule has 0 heterocycles. The van der Waals surface area contributed by atoms with Crippen LogP contribution in [0.15, 0.2) is 18.2 Å². The summed E-state index contributed by atoms with van der Waals surface area (Å²) in [5, 5.41) is 14.5. The van der Waals surface area contributed by atoms with Crippen LogP contribution in [0.25, 0.3) is 0 Å². The van der Waals surface area contributed by atoms with Crippen LogP contribution in [0, 0.1) is 0 Å². The van der Waals surface area contributed by atoms with Crippen molar-refractivity contribution in [1.82, 2.24) is 5.32 Å². The van der Waals surface area contributed by atoms with Crippen molar-refractivity contribution < 1.29 is 14.7 Å². The second-order valence-electron chi connectivity index (χ2n) is 4.43. The molecule has 0 unspecified atom stereocenters. The van der Waals surface area contributed by atoms with Crippen LogP contribution in [0.2, 0.25) is 5.02 Å². The van der Waals surface area contributed by atoms with Gasteiger partial charge in [0.2, 0.25) is 0 Å². The number of anilines is 1. The van der Waals surface area contributed by atoms with E-state index in [1.807, 2.05) is 11.8 Å². The molecule has 0 bridgehead atoms. The fourth-order valence-electron chi connectivity index (χ4n) is 1.67. The summed E-state index contributed by atoms with van der Waals surface area (Å²) in [5.41, 5.74) is 0.364. The Labute approximate surface area is 133 Å². The van der Waals surface area contributed by atoms with Gasteiger partial charge in [-0.2, -0.15) is 11.8 Å². The maximum absolute atomic E-state index is 11.7. The van der Waals surface area contributed by atoms with Gasteiger partial charge in [0.05, 0.1) is 16.3 Å². The largest absolute Gasteiger partial charge is 0.478 e. The molecule has 0 aliphatic rings. The average molecular weight is 331 g/mol. The molecule has 0 saturated carbocycles. The van der Waals surface area contributed by atoms with E-state index in [9.17, 15) is 9.59 Å². The number of amides is 2. The lowest BCUT2D eigenvalue weighted by molar-refractivity contribution is 0.0697. The molecular weight excluding hydrogens is 312 g/mol. The summed E-state index contributed by atoms with van der Waals surface area (Å²) >= 11 is 7.74. The number of thioether (sulfide) groups is 1. The van der Waals surface area contributed by atoms with E-state index < -0.39 is 5.97 Å². The normalized spacial score (nSPS) is 10.2. The van der Waals surface area contributed by atoms with Crippen LogP contribution in [0.1, 0.15) is 29.6 Å². The molecule has 1 rings (SSSR count). The molecule has 0 spiro atoms. The number of carboxylic acid groups (broad SMARTS) is 1. The molecule has 21 heavy (non-hydrogen) atoms. The highest BCUT2D eigenvalue weighted by Crippen LogP contribution is 2.22. The van der Waals surface area contributed by atoms with Crippen molar-refractivity contribution in [3.63, 3.8) is 0 Å². The van der Waals surface area contributed by atoms with Crippen LogP contribution in [0.3, 0.4) is 0 Å². The molecule has 5 nitrogen and oxygen atoms in total. The van der Waals surface area contributed by atoms with Crippen molar-refractivity contribution in [2.45, 2.75) is 19.3 Å². The number of carbonyl (C=O) groups excluding carboxylic acids is 1. The average Bonchev–Trinajstić information content (AvgIpc) is 2.44. The monoisotopic (exact) mass is 330 g/mol. The van der Waals surface area contributed by atoms with E-state index in [0.717, 1.165) is 25.0 Å². The summed E-state index contributed by atoms with van der Waals surface area (Å²) < 4.78 is 0. The lowest BCUT2D eigenvalue weighted by Gasteiger charge is -2.09. The van der Waals surface area contributed by atoms with Gasteiger partial charge >= 0.3 is 12.0 Å². The number of benzene rings is 1. The number of unbranched alkanes of at least 4 members (excludes halogenated alkanes) is 2. The van der Waals surface area contributed by atoms with Gasteiger partial charge in [-0.05, 0) is 43.0 Å². The highest BCUT2D eigenvalue weighted by Gasteiger charge is 2.09. The molecule has 1 aromatic carbocycles. The number of halogens is 1. The molecule has 1 aromatic rings. The Balaban J connectivity index is 2.40. The zero-order chi connectivity index (χ0) is 15.7. The number of aromatic carboxylic acids is 1. The Hall–Kier alpha value is -1.40. The van der Waals surface area contributed by atoms with Crippen molar-refractivity contribution in [3.05, 3.63) is 28.8 Å². The molecule has 0 aromatic heterocycles. The first-order valence-corrected chi connectivity index (χ1v) is 8.38. The van der Waals surface area contributed by atoms with Gasteiger partial charge in [0, 0.05) is 6.54 Å². The van der Waals surface area contributed by atoms with Gasteiger partial charge in [0.1, 0.15) is 0 Å². The summed E-state index contributed by atoms with van der Waals surface area (Å²) in [6.45, 7) is 0.580. The molecule has 0 saturated heterocycles. The summed E-state index contributed by atoms with van der Waals surface area (Å²) in [7, 11) is 0. The molecule has 0 aliphatic heterocycles. The second-order valence-corrected chi connectivity index (χ2v) is 5.83. The van der Waals surface area contributed by atoms with E-state index in [2.05, 4.69) is 16.9 Å². The van der Waals surface area contributed by atoms with E-state index in [1.54, 1.807) is 0 Å². The first-order chi connectivity index (χ1) is 10.0. The molecule has 0 fully saturated rings. The smallest absolute Gasteiger partial charge is 0.335 e. The van der Waals surface area contributed by atoms with Gasteiger partial charge in [-0.1, -0.05) is 18.0 Å². The minimum Gasteiger partial charge on any atom is -0.478 e. The van der Waals surface area contributed by atoms with Crippen LogP contribution in [-0.2, 0) is 0 Å². The zero-order valence-corrected chi connectivity index (χ0v) is 13.4. The maximum atomic E-state index is 11.7. The maximum Gasteiger partial charge on any atom is 0.335 e. The number of carbonyl (C=O) groups is 2. The second kappa shape index (κ2) is 9.52. The topological polar surface area (TPSA) is 78.4 Å². The first kappa shape index (κ1) is 17.7. The van der Waals surface area contributed by atoms with Crippen molar-refractivity contribution in [2.24, 2.45) is 0 Å². The molecule has 2 amide bonds. The van der Waals surface area contributed by atoms with Crippen LogP contribution < -0.4 is 10.6 Å². The fraction of sp³-hybridized carbons (Fsp3) is 0.429. The van der Waals surface area contributed by atoms with E-state index in [1.165, 1.54) is 18.2 Å². The Kier molecular flexibility index (Phi) is 8.00. The lowest BCUT2D eigenvalue weighted by Crippen LogP contribution is -2.29. The standard InChI is InChI=1S/C14H19ClN2O3S/c1-21-8-4-2-3-7-16-14(20)17-12-9-10(13(18)19)5-6-11(12)15/h5-6,9H,2-4,7-8H2,1H3,(H,18,19)(H2,16,17,20). The first-order valence-electron chi connectivity index (χ1n) is 6.61. The lowest BCUT2D eigenvalue weighted by atomic mass is 10.2. The van der Waals surface area contributed by atoms with Crippen molar-refractivity contribution in [2.75, 3.05) is 23.9 Å². The minimum atomic E-state index is -1.07. The SMILES string of the molecule is CSCCCCCNC(=O)Nc1cc(C(=O)O)ccc1Cl. The van der Waals surface area contributed by atoms with Crippen LogP contribution in [0.4, 0.5) is 10.5 Å². The summed E-state index contributed by atoms with van der Waals surface area (Å²) in [5.74, 6) is 0.0629. The summed E-state index contributed by atoms with van der Waals surface area (Å²) in [4.78, 5) is 22.6. The highest BCUT2D eigenvalue weighted by atomic mass is 35.5. The van der Waals surface area contributed by atoms with Crippen molar-refractivity contribution >= 4 is 41.1 Å². The third-order valence-electron chi connectivity index (χ3n) is 2.77. The van der Waals surface area contributed by atoms with Crippen molar-refractivity contribution in [1.29, 1.82) is 0 Å². The third kappa shape index (κ3) is 6.73. The number of nitrogens with one attached hydrogen (secondary N) is 2. The van der Waals surface area contributed by atoms with Crippen LogP contribution in [0.5, 0.6) is 0 Å². The van der Waals surface area contributed by atoms with Gasteiger partial charge in [0.25, 0.3) is 0 Å². The predicted molar refractivity (Wildman–Crippen MR) is 87.7 cm³/mol. The number of rotatable bonds is 8. The highest BCUT2D eigenvalue weighted by molar-refractivity contribution is 7.98. The quantitative estimate of drug-likeness (QED) is 0.635. The van der Waals surface area contributed by atoms with Gasteiger partial charge in [-0.25, -0.2) is 9.59 Å². The van der Waals surface area contributed by atoms with Gasteiger partial charge in [-0.15, -0.1) is 0 Å². The number of hydrogen-bond acceptors (Lipinski definition) is 3. The molecule has 116 valence electrons. The van der Waals surface area contributed by atoms with Gasteiger partial charge in [-0.3, -0.25) is 0 Å². The summed E-state index contributed by atoms with van der Waals surface area (Å²) in [6, 6.07) is 3.79. The molecule has 7 heteroatoms. The number of carboxylic acids is 1. The molecule has 0 radical (unpaired) electrons. The summed E-state index contributed by atoms with van der Waals surface area (Å²) in [6.07, 6.45) is 5.19. The van der Waals surface area contributed by atoms with Crippen LogP contribution >= 0.6 is 23.4 Å². The van der Waals surface area contributed by atoms with Crippen molar-refractivity contribution in [3.8, 4) is 0 Å². The Bertz CT molecular complexity index is 497. The predicted octanol–water partition coefficient (Wildman–Crippen LogP) is 3.69.